The van der Waals surface area contributed by atoms with Gasteiger partial charge in [0.2, 0.25) is 0 Å². The Morgan fingerprint density at radius 3 is 2.48 bits per heavy atom. The second kappa shape index (κ2) is 9.91. The van der Waals surface area contributed by atoms with Gasteiger partial charge in [-0.25, -0.2) is 0 Å². The molecular formula is C16H24N2O5. The van der Waals surface area contributed by atoms with E-state index in [0.29, 0.717) is 38.1 Å². The molecule has 23 heavy (non-hydrogen) atoms. The van der Waals surface area contributed by atoms with Crippen LogP contribution in [0.25, 0.3) is 0 Å². The number of aliphatic hydroxyl groups excluding tert-OH is 1. The van der Waals surface area contributed by atoms with Gasteiger partial charge in [0.15, 0.2) is 0 Å². The van der Waals surface area contributed by atoms with Crippen molar-refractivity contribution in [1.29, 1.82) is 0 Å². The lowest BCUT2D eigenvalue weighted by molar-refractivity contribution is -0.384. The summed E-state index contributed by atoms with van der Waals surface area (Å²) in [5.74, 6) is -0.220. The fourth-order valence-corrected chi connectivity index (χ4v) is 2.20. The summed E-state index contributed by atoms with van der Waals surface area (Å²) in [5, 5.41) is 20.8. The summed E-state index contributed by atoms with van der Waals surface area (Å²) >= 11 is 0. The highest BCUT2D eigenvalue weighted by Crippen LogP contribution is 2.20. The molecule has 1 N–H and O–H groups in total. The van der Waals surface area contributed by atoms with Crippen molar-refractivity contribution in [2.24, 2.45) is 0 Å². The monoisotopic (exact) mass is 324 g/mol. The number of ether oxygens (including phenoxy) is 1. The average Bonchev–Trinajstić information content (AvgIpc) is 2.55. The Morgan fingerprint density at radius 2 is 1.96 bits per heavy atom. The second-order valence-electron chi connectivity index (χ2n) is 5.14. The van der Waals surface area contributed by atoms with Gasteiger partial charge in [-0.2, -0.15) is 0 Å². The van der Waals surface area contributed by atoms with Gasteiger partial charge in [-0.05, 0) is 37.6 Å². The molecule has 1 unspecified atom stereocenters. The maximum Gasteiger partial charge on any atom is 0.307 e. The summed E-state index contributed by atoms with van der Waals surface area (Å²) in [6.45, 7) is 6.13. The molecule has 0 aliphatic rings. The molecule has 1 rings (SSSR count). The number of esters is 1. The number of benzene rings is 1. The van der Waals surface area contributed by atoms with Crippen LogP contribution in [0.3, 0.4) is 0 Å². The third-order valence-corrected chi connectivity index (χ3v) is 3.59. The van der Waals surface area contributed by atoms with Crippen molar-refractivity contribution in [3.8, 4) is 0 Å². The summed E-state index contributed by atoms with van der Waals surface area (Å²) < 4.78 is 4.89. The highest BCUT2D eigenvalue weighted by molar-refractivity contribution is 5.69. The lowest BCUT2D eigenvalue weighted by Crippen LogP contribution is -2.28. The maximum atomic E-state index is 11.4. The molecule has 0 bridgehead atoms. The number of hydrogen-bond donors (Lipinski definition) is 1. The van der Waals surface area contributed by atoms with E-state index in [1.165, 1.54) is 12.1 Å². The number of rotatable bonds is 10. The Kier molecular flexibility index (Phi) is 8.21. The number of hydrogen-bond acceptors (Lipinski definition) is 6. The minimum absolute atomic E-state index is 0.00516. The van der Waals surface area contributed by atoms with Crippen LogP contribution in [-0.4, -0.2) is 47.1 Å². The van der Waals surface area contributed by atoms with Crippen LogP contribution in [0.2, 0.25) is 0 Å². The van der Waals surface area contributed by atoms with Gasteiger partial charge in [0.1, 0.15) is 0 Å². The molecule has 0 fully saturated rings. The third kappa shape index (κ3) is 6.75. The van der Waals surface area contributed by atoms with Crippen LogP contribution in [0.15, 0.2) is 24.3 Å². The van der Waals surface area contributed by atoms with Crippen molar-refractivity contribution >= 4 is 11.7 Å². The van der Waals surface area contributed by atoms with E-state index < -0.39 is 11.0 Å². The van der Waals surface area contributed by atoms with Crippen molar-refractivity contribution in [2.75, 3.05) is 26.2 Å². The standard InChI is InChI=1S/C16H24N2O5/c1-3-17(12-10-16(20)23-4-2)11-9-15(19)13-5-7-14(8-6-13)18(21)22/h5-8,15,19H,3-4,9-12H2,1-2H3. The molecule has 0 amide bonds. The van der Waals surface area contributed by atoms with Crippen molar-refractivity contribution in [2.45, 2.75) is 32.8 Å². The van der Waals surface area contributed by atoms with Gasteiger partial charge in [0.05, 0.1) is 24.1 Å². The Morgan fingerprint density at radius 1 is 1.30 bits per heavy atom. The Balaban J connectivity index is 2.44. The Bertz CT molecular complexity index is 504. The molecule has 1 aromatic carbocycles. The topological polar surface area (TPSA) is 92.9 Å². The lowest BCUT2D eigenvalue weighted by atomic mass is 10.1. The van der Waals surface area contributed by atoms with E-state index in [1.807, 2.05) is 6.92 Å². The van der Waals surface area contributed by atoms with Gasteiger partial charge < -0.3 is 14.7 Å². The molecule has 0 radical (unpaired) electrons. The summed E-state index contributed by atoms with van der Waals surface area (Å²) in [5.41, 5.74) is 0.655. The number of nitro groups is 1. The van der Waals surface area contributed by atoms with E-state index in [-0.39, 0.29) is 11.7 Å². The molecule has 0 heterocycles. The molecule has 0 saturated carbocycles. The third-order valence-electron chi connectivity index (χ3n) is 3.59. The number of carbonyl (C=O) groups is 1. The Labute approximate surface area is 136 Å². The first-order valence-electron chi connectivity index (χ1n) is 7.78. The van der Waals surface area contributed by atoms with E-state index in [0.717, 1.165) is 6.54 Å². The molecular weight excluding hydrogens is 300 g/mol. The molecule has 1 atom stereocenters. The molecule has 1 aromatic rings. The number of non-ortho nitro benzene ring substituents is 1. The van der Waals surface area contributed by atoms with Crippen LogP contribution in [0.4, 0.5) is 5.69 Å². The van der Waals surface area contributed by atoms with Gasteiger partial charge in [-0.3, -0.25) is 14.9 Å². The second-order valence-corrected chi connectivity index (χ2v) is 5.14. The molecule has 0 aromatic heterocycles. The number of aliphatic hydroxyl groups is 1. The van der Waals surface area contributed by atoms with Crippen LogP contribution < -0.4 is 0 Å². The summed E-state index contributed by atoms with van der Waals surface area (Å²) in [7, 11) is 0. The predicted molar refractivity (Wildman–Crippen MR) is 86.0 cm³/mol. The first-order chi connectivity index (χ1) is 11.0. The largest absolute Gasteiger partial charge is 0.466 e. The minimum atomic E-state index is -0.688. The van der Waals surface area contributed by atoms with E-state index >= 15 is 0 Å². The van der Waals surface area contributed by atoms with Crippen LogP contribution >= 0.6 is 0 Å². The van der Waals surface area contributed by atoms with Gasteiger partial charge in [0.25, 0.3) is 5.69 Å². The van der Waals surface area contributed by atoms with E-state index in [1.54, 1.807) is 19.1 Å². The van der Waals surface area contributed by atoms with Crippen molar-refractivity contribution in [1.82, 2.24) is 4.90 Å². The number of nitrogens with zero attached hydrogens (tertiary/aromatic N) is 2. The minimum Gasteiger partial charge on any atom is -0.466 e. The Hall–Kier alpha value is -1.99. The zero-order chi connectivity index (χ0) is 17.2. The molecule has 0 aliphatic carbocycles. The quantitative estimate of drug-likeness (QED) is 0.403. The summed E-state index contributed by atoms with van der Waals surface area (Å²) in [6.07, 6.45) is 0.136. The van der Waals surface area contributed by atoms with E-state index in [2.05, 4.69) is 4.90 Å². The first-order valence-corrected chi connectivity index (χ1v) is 7.78. The summed E-state index contributed by atoms with van der Waals surface area (Å²) in [6, 6.07) is 5.91. The zero-order valence-corrected chi connectivity index (χ0v) is 13.6. The molecule has 0 aliphatic heterocycles. The van der Waals surface area contributed by atoms with Crippen molar-refractivity contribution in [3.05, 3.63) is 39.9 Å². The fraction of sp³-hybridized carbons (Fsp3) is 0.562. The molecule has 128 valence electrons. The first kappa shape index (κ1) is 19.1. The summed E-state index contributed by atoms with van der Waals surface area (Å²) in [4.78, 5) is 23.6. The van der Waals surface area contributed by atoms with Gasteiger partial charge >= 0.3 is 5.97 Å². The lowest BCUT2D eigenvalue weighted by Gasteiger charge is -2.21. The molecule has 0 spiro atoms. The number of nitro benzene ring substituents is 1. The van der Waals surface area contributed by atoms with Gasteiger partial charge in [-0.15, -0.1) is 0 Å². The van der Waals surface area contributed by atoms with E-state index in [4.69, 9.17) is 4.74 Å². The highest BCUT2D eigenvalue weighted by atomic mass is 16.6. The van der Waals surface area contributed by atoms with Crippen LogP contribution in [0, 0.1) is 10.1 Å². The fourth-order valence-electron chi connectivity index (χ4n) is 2.20. The van der Waals surface area contributed by atoms with E-state index in [9.17, 15) is 20.0 Å². The zero-order valence-electron chi connectivity index (χ0n) is 13.6. The van der Waals surface area contributed by atoms with Crippen LogP contribution in [0.5, 0.6) is 0 Å². The van der Waals surface area contributed by atoms with Crippen molar-refractivity contribution < 1.29 is 19.6 Å². The smallest absolute Gasteiger partial charge is 0.307 e. The van der Waals surface area contributed by atoms with Crippen LogP contribution in [0.1, 0.15) is 38.4 Å². The SMILES string of the molecule is CCOC(=O)CCN(CC)CCC(O)c1ccc([N+](=O)[O-])cc1. The highest BCUT2D eigenvalue weighted by Gasteiger charge is 2.13. The maximum absolute atomic E-state index is 11.4. The van der Waals surface area contributed by atoms with Gasteiger partial charge in [0, 0.05) is 25.2 Å². The average molecular weight is 324 g/mol. The van der Waals surface area contributed by atoms with Crippen molar-refractivity contribution in [3.63, 3.8) is 0 Å². The van der Waals surface area contributed by atoms with Crippen LogP contribution in [-0.2, 0) is 9.53 Å². The molecule has 7 heteroatoms. The molecule has 7 nitrogen and oxygen atoms in total. The normalized spacial score (nSPS) is 12.2. The number of carbonyl (C=O) groups excluding carboxylic acids is 1. The predicted octanol–water partition coefficient (Wildman–Crippen LogP) is 2.29. The molecule has 0 saturated heterocycles. The van der Waals surface area contributed by atoms with Gasteiger partial charge in [-0.1, -0.05) is 6.92 Å².